The van der Waals surface area contributed by atoms with E-state index in [2.05, 4.69) is 5.32 Å². The number of alkyl halides is 3. The van der Waals surface area contributed by atoms with Gasteiger partial charge in [-0.05, 0) is 66.2 Å². The Balaban J connectivity index is 3.22. The summed E-state index contributed by atoms with van der Waals surface area (Å²) in [5.74, 6) is -1.01. The maximum Gasteiger partial charge on any atom is 0.416 e. The van der Waals surface area contributed by atoms with Crippen molar-refractivity contribution in [1.82, 2.24) is 5.32 Å². The van der Waals surface area contributed by atoms with Gasteiger partial charge in [-0.15, -0.1) is 0 Å². The van der Waals surface area contributed by atoms with E-state index < -0.39 is 46.8 Å². The van der Waals surface area contributed by atoms with E-state index in [-0.39, 0.29) is 6.61 Å². The van der Waals surface area contributed by atoms with Crippen molar-refractivity contribution in [2.24, 2.45) is 5.41 Å². The molecule has 0 fully saturated rings. The molecule has 0 spiro atoms. The quantitative estimate of drug-likeness (QED) is 0.443. The van der Waals surface area contributed by atoms with Gasteiger partial charge in [0, 0.05) is 5.92 Å². The minimum Gasteiger partial charge on any atom is -0.463 e. The smallest absolute Gasteiger partial charge is 0.416 e. The summed E-state index contributed by atoms with van der Waals surface area (Å²) in [4.78, 5) is 24.6. The molecule has 8 heteroatoms. The van der Waals surface area contributed by atoms with E-state index in [0.29, 0.717) is 5.56 Å². The van der Waals surface area contributed by atoms with Crippen LogP contribution < -0.4 is 5.32 Å². The molecule has 0 aliphatic heterocycles. The van der Waals surface area contributed by atoms with E-state index >= 15 is 0 Å². The summed E-state index contributed by atoms with van der Waals surface area (Å²) < 4.78 is 49.5. The van der Waals surface area contributed by atoms with Crippen LogP contribution in [0.2, 0.25) is 0 Å². The number of benzene rings is 1. The summed E-state index contributed by atoms with van der Waals surface area (Å²) in [6.07, 6.45) is -1.72. The zero-order valence-corrected chi connectivity index (χ0v) is 19.1. The highest BCUT2D eigenvalue weighted by Crippen LogP contribution is 2.31. The SMILES string of the molecule is CC=CC(c1ccc(C(F)(F)F)cc1)C(COC(=O)C(C)(C)C)NC(=O)OC(C)(C)C. The molecule has 0 saturated heterocycles. The number of allylic oxidation sites excluding steroid dienone is 1. The Labute approximate surface area is 182 Å². The molecule has 0 aromatic heterocycles. The molecule has 31 heavy (non-hydrogen) atoms. The third-order valence-electron chi connectivity index (χ3n) is 4.16. The summed E-state index contributed by atoms with van der Waals surface area (Å²) in [5, 5.41) is 2.70. The average molecular weight is 444 g/mol. The van der Waals surface area contributed by atoms with Gasteiger partial charge in [0.25, 0.3) is 0 Å². The first-order valence-electron chi connectivity index (χ1n) is 10.0. The molecule has 0 radical (unpaired) electrons. The molecular formula is C23H32F3NO4. The normalized spacial score (nSPS) is 14.8. The molecule has 1 rings (SSSR count). The van der Waals surface area contributed by atoms with Gasteiger partial charge in [0.2, 0.25) is 0 Å². The van der Waals surface area contributed by atoms with Gasteiger partial charge in [-0.1, -0.05) is 24.3 Å². The molecule has 2 atom stereocenters. The second kappa shape index (κ2) is 10.2. The highest BCUT2D eigenvalue weighted by molar-refractivity contribution is 5.75. The number of rotatable bonds is 6. The van der Waals surface area contributed by atoms with Crippen LogP contribution in [0.3, 0.4) is 0 Å². The average Bonchev–Trinajstić information content (AvgIpc) is 2.60. The van der Waals surface area contributed by atoms with Gasteiger partial charge in [0.05, 0.1) is 17.0 Å². The Morgan fingerprint density at radius 2 is 1.58 bits per heavy atom. The molecular weight excluding hydrogens is 411 g/mol. The van der Waals surface area contributed by atoms with Gasteiger partial charge in [-0.2, -0.15) is 13.2 Å². The van der Waals surface area contributed by atoms with E-state index in [1.165, 1.54) is 12.1 Å². The van der Waals surface area contributed by atoms with Crippen LogP contribution in [0.15, 0.2) is 36.4 Å². The monoisotopic (exact) mass is 443 g/mol. The summed E-state index contributed by atoms with van der Waals surface area (Å²) in [6, 6.07) is 3.91. The molecule has 174 valence electrons. The minimum absolute atomic E-state index is 0.175. The van der Waals surface area contributed by atoms with Crippen LogP contribution in [-0.4, -0.2) is 30.3 Å². The Bertz CT molecular complexity index is 772. The molecule has 0 saturated carbocycles. The van der Waals surface area contributed by atoms with Crippen molar-refractivity contribution in [3.63, 3.8) is 0 Å². The van der Waals surface area contributed by atoms with Gasteiger partial charge in [0.15, 0.2) is 0 Å². The van der Waals surface area contributed by atoms with Crippen LogP contribution in [0, 0.1) is 5.41 Å². The van der Waals surface area contributed by atoms with Crippen LogP contribution in [0.25, 0.3) is 0 Å². The first kappa shape index (κ1) is 26.5. The summed E-state index contributed by atoms with van der Waals surface area (Å²) in [7, 11) is 0. The molecule has 2 unspecified atom stereocenters. The minimum atomic E-state index is -4.45. The number of amides is 1. The Morgan fingerprint density at radius 1 is 1.03 bits per heavy atom. The largest absolute Gasteiger partial charge is 0.463 e. The van der Waals surface area contributed by atoms with Gasteiger partial charge >= 0.3 is 18.2 Å². The number of carbonyl (C=O) groups is 2. The summed E-state index contributed by atoms with van der Waals surface area (Å²) in [6.45, 7) is 11.8. The van der Waals surface area contributed by atoms with E-state index in [1.807, 2.05) is 0 Å². The molecule has 0 heterocycles. The van der Waals surface area contributed by atoms with Crippen molar-refractivity contribution < 1.29 is 32.2 Å². The molecule has 1 N–H and O–H groups in total. The Morgan fingerprint density at radius 3 is 2.00 bits per heavy atom. The predicted octanol–water partition coefficient (Wildman–Crippen LogP) is 5.85. The van der Waals surface area contributed by atoms with Gasteiger partial charge in [0.1, 0.15) is 12.2 Å². The number of hydrogen-bond donors (Lipinski definition) is 1. The third kappa shape index (κ3) is 9.02. The molecule has 0 aliphatic carbocycles. The lowest BCUT2D eigenvalue weighted by Crippen LogP contribution is -2.45. The van der Waals surface area contributed by atoms with Crippen molar-refractivity contribution in [2.45, 2.75) is 72.2 Å². The molecule has 0 bridgehead atoms. The predicted molar refractivity (Wildman–Crippen MR) is 113 cm³/mol. The number of halogens is 3. The van der Waals surface area contributed by atoms with Gasteiger partial charge in [-0.25, -0.2) is 4.79 Å². The first-order valence-corrected chi connectivity index (χ1v) is 10.0. The fourth-order valence-electron chi connectivity index (χ4n) is 2.66. The molecule has 1 amide bonds. The number of carbonyl (C=O) groups excluding carboxylic acids is 2. The fraction of sp³-hybridized carbons (Fsp3) is 0.565. The second-order valence-corrected chi connectivity index (χ2v) is 9.27. The lowest BCUT2D eigenvalue weighted by molar-refractivity contribution is -0.153. The fourth-order valence-corrected chi connectivity index (χ4v) is 2.66. The zero-order chi connectivity index (χ0) is 24.0. The maximum absolute atomic E-state index is 12.9. The number of ether oxygens (including phenoxy) is 2. The Kier molecular flexibility index (Phi) is 8.73. The van der Waals surface area contributed by atoms with Crippen LogP contribution in [0.5, 0.6) is 0 Å². The lowest BCUT2D eigenvalue weighted by atomic mass is 9.90. The van der Waals surface area contributed by atoms with Crippen molar-refractivity contribution in [3.05, 3.63) is 47.5 Å². The van der Waals surface area contributed by atoms with E-state index in [1.54, 1.807) is 60.6 Å². The van der Waals surface area contributed by atoms with Gasteiger partial charge < -0.3 is 14.8 Å². The first-order chi connectivity index (χ1) is 14.0. The van der Waals surface area contributed by atoms with Crippen molar-refractivity contribution in [2.75, 3.05) is 6.61 Å². The summed E-state index contributed by atoms with van der Waals surface area (Å²) in [5.41, 5.74) is -1.74. The van der Waals surface area contributed by atoms with Crippen LogP contribution in [-0.2, 0) is 20.4 Å². The highest BCUT2D eigenvalue weighted by atomic mass is 19.4. The molecule has 1 aromatic rings. The lowest BCUT2D eigenvalue weighted by Gasteiger charge is -2.29. The topological polar surface area (TPSA) is 64.6 Å². The van der Waals surface area contributed by atoms with E-state index in [4.69, 9.17) is 9.47 Å². The van der Waals surface area contributed by atoms with Crippen molar-refractivity contribution >= 4 is 12.1 Å². The van der Waals surface area contributed by atoms with E-state index in [0.717, 1.165) is 12.1 Å². The highest BCUT2D eigenvalue weighted by Gasteiger charge is 2.32. The number of hydrogen-bond acceptors (Lipinski definition) is 4. The van der Waals surface area contributed by atoms with Crippen LogP contribution >= 0.6 is 0 Å². The molecule has 0 aliphatic rings. The number of esters is 1. The number of nitrogens with one attached hydrogen (secondary N) is 1. The maximum atomic E-state index is 12.9. The van der Waals surface area contributed by atoms with Gasteiger partial charge in [-0.3, -0.25) is 4.79 Å². The van der Waals surface area contributed by atoms with Crippen molar-refractivity contribution in [3.8, 4) is 0 Å². The van der Waals surface area contributed by atoms with E-state index in [9.17, 15) is 22.8 Å². The second-order valence-electron chi connectivity index (χ2n) is 9.27. The standard InChI is InChI=1S/C23H32F3NO4/c1-8-9-17(15-10-12-16(13-11-15)23(24,25)26)18(14-30-19(28)21(2,3)4)27-20(29)31-22(5,6)7/h8-13,17-18H,14H2,1-7H3,(H,27,29). The third-order valence-corrected chi connectivity index (χ3v) is 4.16. The Hall–Kier alpha value is -2.51. The summed E-state index contributed by atoms with van der Waals surface area (Å²) >= 11 is 0. The van der Waals surface area contributed by atoms with Crippen LogP contribution in [0.4, 0.5) is 18.0 Å². The number of alkyl carbamates (subject to hydrolysis) is 1. The molecule has 1 aromatic carbocycles. The van der Waals surface area contributed by atoms with Crippen LogP contribution in [0.1, 0.15) is 65.5 Å². The zero-order valence-electron chi connectivity index (χ0n) is 19.1. The molecule has 5 nitrogen and oxygen atoms in total. The van der Waals surface area contributed by atoms with Crippen molar-refractivity contribution in [1.29, 1.82) is 0 Å².